The molecule has 0 radical (unpaired) electrons. The number of carbonyl (C=O) groups is 4. The van der Waals surface area contributed by atoms with E-state index in [1.165, 1.54) is 24.5 Å². The number of aromatic nitrogens is 4. The van der Waals surface area contributed by atoms with Crippen molar-refractivity contribution in [3.63, 3.8) is 0 Å². The van der Waals surface area contributed by atoms with E-state index in [1.54, 1.807) is 43.1 Å². The Balaban J connectivity index is 0.000000214. The first-order chi connectivity index (χ1) is 35.5. The van der Waals surface area contributed by atoms with Crippen LogP contribution in [0.3, 0.4) is 0 Å². The van der Waals surface area contributed by atoms with E-state index in [4.69, 9.17) is 9.47 Å². The zero-order chi connectivity index (χ0) is 51.5. The number of rotatable bonds is 24. The van der Waals surface area contributed by atoms with E-state index in [0.29, 0.717) is 64.2 Å². The van der Waals surface area contributed by atoms with Crippen LogP contribution in [-0.4, -0.2) is 105 Å². The van der Waals surface area contributed by atoms with Crippen LogP contribution >= 0.6 is 0 Å². The van der Waals surface area contributed by atoms with Crippen LogP contribution in [0, 0.1) is 6.92 Å². The summed E-state index contributed by atoms with van der Waals surface area (Å²) in [6.07, 6.45) is 17.9. The van der Waals surface area contributed by atoms with Crippen molar-refractivity contribution in [2.75, 3.05) is 39.9 Å². The van der Waals surface area contributed by atoms with Gasteiger partial charge in [0.1, 0.15) is 23.4 Å². The van der Waals surface area contributed by atoms with Crippen molar-refractivity contribution in [1.29, 1.82) is 0 Å². The average Bonchev–Trinajstić information content (AvgIpc) is 4.13. The molecular formula is C59H72N8O6. The van der Waals surface area contributed by atoms with E-state index in [2.05, 4.69) is 87.7 Å². The molecule has 0 bridgehead atoms. The maximum absolute atomic E-state index is 13.7. The molecule has 2 aliphatic heterocycles. The van der Waals surface area contributed by atoms with E-state index >= 15 is 0 Å². The van der Waals surface area contributed by atoms with Gasteiger partial charge in [0.15, 0.2) is 0 Å². The lowest BCUT2D eigenvalue weighted by atomic mass is 9.70. The number of hydrogen-bond donors (Lipinski definition) is 4. The number of methoxy groups -OCH3 is 1. The molecule has 384 valence electrons. The number of carbonyl (C=O) groups excluding carboxylic acids is 4. The van der Waals surface area contributed by atoms with Crippen LogP contribution in [0.5, 0.6) is 5.75 Å². The molecule has 0 unspecified atom stereocenters. The van der Waals surface area contributed by atoms with Crippen molar-refractivity contribution in [1.82, 2.24) is 40.4 Å². The predicted molar refractivity (Wildman–Crippen MR) is 284 cm³/mol. The fraction of sp³-hybridized carbons (Fsp3) is 0.390. The van der Waals surface area contributed by atoms with Gasteiger partial charge in [-0.2, -0.15) is 0 Å². The molecule has 0 aliphatic carbocycles. The van der Waals surface area contributed by atoms with Gasteiger partial charge in [0.05, 0.1) is 44.2 Å². The topological polar surface area (TPSA) is 175 Å². The SMILES string of the molecule is CCCCCC1(c2ccccc2)CN(C(=O)[C@@H](Cc2ccccc2)NC(=O)CCc2c[nH]cn2)C1.CCCCOC1(c2ccccc2C)CN(C(=O)[C@@H](Cc2ccc(OC)cc2)NC(=O)/C=C\c2c[nH]cn2)C1. The van der Waals surface area contributed by atoms with E-state index in [-0.39, 0.29) is 29.0 Å². The number of amides is 4. The number of nitrogens with one attached hydrogen (secondary N) is 4. The van der Waals surface area contributed by atoms with Gasteiger partial charge >= 0.3 is 0 Å². The number of imidazole rings is 2. The van der Waals surface area contributed by atoms with Crippen molar-refractivity contribution in [2.24, 2.45) is 0 Å². The van der Waals surface area contributed by atoms with Gasteiger partial charge in [-0.15, -0.1) is 0 Å². The first-order valence-electron chi connectivity index (χ1n) is 25.8. The third-order valence-corrected chi connectivity index (χ3v) is 13.9. The fourth-order valence-corrected chi connectivity index (χ4v) is 9.76. The van der Waals surface area contributed by atoms with Crippen LogP contribution in [0.4, 0.5) is 0 Å². The van der Waals surface area contributed by atoms with E-state index in [0.717, 1.165) is 59.4 Å². The summed E-state index contributed by atoms with van der Waals surface area (Å²) in [7, 11) is 1.61. The molecule has 6 aromatic rings. The van der Waals surface area contributed by atoms with Crippen molar-refractivity contribution in [3.8, 4) is 5.75 Å². The molecule has 8 rings (SSSR count). The zero-order valence-electron chi connectivity index (χ0n) is 42.9. The highest BCUT2D eigenvalue weighted by molar-refractivity contribution is 5.95. The molecule has 0 saturated carbocycles. The Labute approximate surface area is 430 Å². The molecule has 4 heterocycles. The lowest BCUT2D eigenvalue weighted by Gasteiger charge is -2.52. The van der Waals surface area contributed by atoms with Crippen LogP contribution < -0.4 is 15.4 Å². The highest BCUT2D eigenvalue weighted by Gasteiger charge is 2.50. The molecule has 2 aliphatic rings. The van der Waals surface area contributed by atoms with Gasteiger partial charge in [-0.1, -0.05) is 137 Å². The summed E-state index contributed by atoms with van der Waals surface area (Å²) in [4.78, 5) is 70.7. The summed E-state index contributed by atoms with van der Waals surface area (Å²) in [5, 5.41) is 5.94. The standard InChI is InChI=1S/C30H36N4O4.C29H36N4O2/c1-4-5-16-38-30(26-9-7-6-8-22(26)2)19-34(20-30)29(36)27(17-23-10-13-25(37-3)14-11-23)33-28(35)15-12-24-18-31-21-32-24;1-2-3-10-17-29(24-13-8-5-9-14-24)20-33(21-29)28(35)26(18-23-11-6-4-7-12-23)32-27(34)16-15-25-19-30-22-31-25/h6-15,18,21,27H,4-5,16-17,19-20H2,1-3H3,(H,31,32)(H,33,35);4-9,11-14,19,22,26H,2-3,10,15-18,20-21H2,1H3,(H,30,31)(H,32,34)/b15-12-;/t27-;26-/m11/s1. The van der Waals surface area contributed by atoms with Crippen LogP contribution in [-0.2, 0) is 54.2 Å². The van der Waals surface area contributed by atoms with Gasteiger partial charge in [-0.25, -0.2) is 9.97 Å². The lowest BCUT2D eigenvalue weighted by Crippen LogP contribution is -2.66. The van der Waals surface area contributed by atoms with E-state index in [1.807, 2.05) is 77.7 Å². The molecule has 4 N–H and O–H groups in total. The largest absolute Gasteiger partial charge is 0.497 e. The maximum atomic E-state index is 13.7. The van der Waals surface area contributed by atoms with Gasteiger partial charge in [0.25, 0.3) is 0 Å². The average molecular weight is 989 g/mol. The molecule has 2 aromatic heterocycles. The van der Waals surface area contributed by atoms with Gasteiger partial charge in [-0.3, -0.25) is 19.2 Å². The summed E-state index contributed by atoms with van der Waals surface area (Å²) in [6.45, 7) is 9.35. The number of aryl methyl sites for hydroxylation is 2. The molecule has 2 atom stereocenters. The Kier molecular flexibility index (Phi) is 19.3. The first-order valence-corrected chi connectivity index (χ1v) is 25.8. The van der Waals surface area contributed by atoms with Crippen molar-refractivity contribution in [2.45, 2.75) is 108 Å². The van der Waals surface area contributed by atoms with Crippen LogP contribution in [0.15, 0.2) is 140 Å². The number of ether oxygens (including phenoxy) is 2. The minimum atomic E-state index is -0.731. The van der Waals surface area contributed by atoms with E-state index < -0.39 is 17.7 Å². The molecular weight excluding hydrogens is 917 g/mol. The number of hydrogen-bond acceptors (Lipinski definition) is 8. The molecule has 14 nitrogen and oxygen atoms in total. The number of H-pyrrole nitrogens is 2. The highest BCUT2D eigenvalue weighted by atomic mass is 16.5. The lowest BCUT2D eigenvalue weighted by molar-refractivity contribution is -0.175. The third-order valence-electron chi connectivity index (χ3n) is 13.9. The van der Waals surface area contributed by atoms with Gasteiger partial charge in [-0.05, 0) is 72.2 Å². The molecule has 4 amide bonds. The number of aromatic amines is 2. The minimum absolute atomic E-state index is 0.00372. The quantitative estimate of drug-likeness (QED) is 0.0345. The first kappa shape index (κ1) is 53.5. The summed E-state index contributed by atoms with van der Waals surface area (Å²) in [5.41, 5.74) is 6.46. The highest BCUT2D eigenvalue weighted by Crippen LogP contribution is 2.40. The van der Waals surface area contributed by atoms with Crippen molar-refractivity contribution in [3.05, 3.63) is 180 Å². The maximum Gasteiger partial charge on any atom is 0.245 e. The number of nitrogens with zero attached hydrogens (tertiary/aromatic N) is 4. The predicted octanol–water partition coefficient (Wildman–Crippen LogP) is 8.45. The minimum Gasteiger partial charge on any atom is -0.497 e. The summed E-state index contributed by atoms with van der Waals surface area (Å²) in [5.74, 6) is 0.122. The Bertz CT molecular complexity index is 2660. The number of unbranched alkanes of at least 4 members (excludes halogenated alkanes) is 3. The smallest absolute Gasteiger partial charge is 0.245 e. The summed E-state index contributed by atoms with van der Waals surface area (Å²) in [6, 6.07) is 34.9. The summed E-state index contributed by atoms with van der Waals surface area (Å²) < 4.78 is 11.7. The van der Waals surface area contributed by atoms with Crippen LogP contribution in [0.1, 0.15) is 98.0 Å². The second kappa shape index (κ2) is 26.4. The second-order valence-corrected chi connectivity index (χ2v) is 19.3. The Hall–Kier alpha value is -7.32. The fourth-order valence-electron chi connectivity index (χ4n) is 9.76. The van der Waals surface area contributed by atoms with Crippen molar-refractivity contribution >= 4 is 29.7 Å². The molecule has 14 heteroatoms. The Morgan fingerprint density at radius 3 is 1.96 bits per heavy atom. The number of benzene rings is 4. The summed E-state index contributed by atoms with van der Waals surface area (Å²) >= 11 is 0. The molecule has 2 fully saturated rings. The molecule has 4 aromatic carbocycles. The van der Waals surface area contributed by atoms with Gasteiger partial charge in [0.2, 0.25) is 23.6 Å². The second-order valence-electron chi connectivity index (χ2n) is 19.3. The molecule has 2 saturated heterocycles. The van der Waals surface area contributed by atoms with Crippen molar-refractivity contribution < 1.29 is 28.7 Å². The molecule has 73 heavy (non-hydrogen) atoms. The monoisotopic (exact) mass is 989 g/mol. The van der Waals surface area contributed by atoms with Gasteiger partial charge < -0.3 is 39.9 Å². The normalized spacial score (nSPS) is 15.2. The van der Waals surface area contributed by atoms with E-state index in [9.17, 15) is 19.2 Å². The Morgan fingerprint density at radius 1 is 0.712 bits per heavy atom. The zero-order valence-corrected chi connectivity index (χ0v) is 42.9. The number of likely N-dealkylation sites (tertiary alicyclic amines) is 2. The van der Waals surface area contributed by atoms with Crippen LogP contribution in [0.25, 0.3) is 6.08 Å². The molecule has 0 spiro atoms. The van der Waals surface area contributed by atoms with Gasteiger partial charge in [0, 0.05) is 62.8 Å². The Morgan fingerprint density at radius 2 is 1.33 bits per heavy atom. The van der Waals surface area contributed by atoms with Crippen LogP contribution in [0.2, 0.25) is 0 Å². The third kappa shape index (κ3) is 14.7.